The lowest BCUT2D eigenvalue weighted by molar-refractivity contribution is -0.120. The first-order valence-electron chi connectivity index (χ1n) is 5.63. The van der Waals surface area contributed by atoms with Crippen molar-refractivity contribution >= 4 is 17.7 Å². The van der Waals surface area contributed by atoms with Crippen LogP contribution >= 0.6 is 11.8 Å². The number of carbonyl (C=O) groups excluding carboxylic acids is 1. The van der Waals surface area contributed by atoms with Crippen molar-refractivity contribution in [2.45, 2.75) is 43.5 Å². The number of carbonyl (C=O) groups is 1. The highest BCUT2D eigenvalue weighted by Crippen LogP contribution is 2.21. The normalized spacial score (nSPS) is 17.0. The van der Waals surface area contributed by atoms with Gasteiger partial charge in [0.25, 0.3) is 5.22 Å². The monoisotopic (exact) mass is 256 g/mol. The molecule has 1 aliphatic carbocycles. The molecule has 1 heterocycles. The number of nitrogens with one attached hydrogen (secondary N) is 1. The van der Waals surface area contributed by atoms with Crippen molar-refractivity contribution in [2.24, 2.45) is 5.73 Å². The summed E-state index contributed by atoms with van der Waals surface area (Å²) < 4.78 is 5.22. The highest BCUT2D eigenvalue weighted by molar-refractivity contribution is 7.99. The van der Waals surface area contributed by atoms with E-state index in [2.05, 4.69) is 15.5 Å². The van der Waals surface area contributed by atoms with Gasteiger partial charge in [-0.2, -0.15) is 0 Å². The predicted molar refractivity (Wildman–Crippen MR) is 63.5 cm³/mol. The van der Waals surface area contributed by atoms with Gasteiger partial charge in [0.15, 0.2) is 0 Å². The molecule has 1 fully saturated rings. The van der Waals surface area contributed by atoms with E-state index in [1.165, 1.54) is 11.8 Å². The Bertz CT molecular complexity index is 391. The molecular formula is C10H16N4O2S. The van der Waals surface area contributed by atoms with E-state index in [4.69, 9.17) is 10.2 Å². The first-order valence-corrected chi connectivity index (χ1v) is 6.62. The zero-order valence-corrected chi connectivity index (χ0v) is 10.5. The van der Waals surface area contributed by atoms with E-state index in [1.807, 2.05) is 0 Å². The molecule has 0 aromatic carbocycles. The van der Waals surface area contributed by atoms with Crippen molar-refractivity contribution in [1.29, 1.82) is 0 Å². The van der Waals surface area contributed by atoms with E-state index in [1.54, 1.807) is 6.92 Å². The van der Waals surface area contributed by atoms with Gasteiger partial charge in [-0.15, -0.1) is 10.2 Å². The quantitative estimate of drug-likeness (QED) is 0.689. The van der Waals surface area contributed by atoms with Gasteiger partial charge in [0, 0.05) is 18.7 Å². The van der Waals surface area contributed by atoms with E-state index < -0.39 is 0 Å². The molecule has 1 aromatic rings. The summed E-state index contributed by atoms with van der Waals surface area (Å²) in [7, 11) is 0. The molecule has 7 heteroatoms. The Morgan fingerprint density at radius 2 is 2.41 bits per heavy atom. The molecule has 1 atom stereocenters. The van der Waals surface area contributed by atoms with Crippen LogP contribution in [-0.4, -0.2) is 33.9 Å². The van der Waals surface area contributed by atoms with E-state index in [0.29, 0.717) is 23.6 Å². The van der Waals surface area contributed by atoms with Crippen LogP contribution in [-0.2, 0) is 4.79 Å². The van der Waals surface area contributed by atoms with Crippen LogP contribution in [0.15, 0.2) is 9.64 Å². The molecule has 1 aromatic heterocycles. The maximum Gasteiger partial charge on any atom is 0.276 e. The summed E-state index contributed by atoms with van der Waals surface area (Å²) in [4.78, 5) is 11.2. The summed E-state index contributed by atoms with van der Waals surface area (Å²) in [5.74, 6) is 0.990. The Kier molecular flexibility index (Phi) is 4.01. The molecule has 0 aliphatic heterocycles. The van der Waals surface area contributed by atoms with Crippen LogP contribution in [0.25, 0.3) is 0 Å². The molecule has 94 valence electrons. The van der Waals surface area contributed by atoms with Crippen LogP contribution in [0.4, 0.5) is 0 Å². The Labute approximate surface area is 104 Å². The fourth-order valence-corrected chi connectivity index (χ4v) is 2.25. The number of nitrogens with zero attached hydrogens (tertiary/aromatic N) is 2. The second-order valence-corrected chi connectivity index (χ2v) is 5.17. The number of aromatic nitrogens is 2. The van der Waals surface area contributed by atoms with Crippen molar-refractivity contribution in [2.75, 3.05) is 5.75 Å². The van der Waals surface area contributed by atoms with Crippen molar-refractivity contribution in [3.8, 4) is 0 Å². The molecule has 17 heavy (non-hydrogen) atoms. The summed E-state index contributed by atoms with van der Waals surface area (Å²) in [5.41, 5.74) is 5.33. The number of aryl methyl sites for hydroxylation is 1. The maximum atomic E-state index is 11.2. The zero-order valence-electron chi connectivity index (χ0n) is 9.68. The molecule has 1 amide bonds. The number of primary amides is 1. The molecule has 6 nitrogen and oxygen atoms in total. The fourth-order valence-electron chi connectivity index (χ4n) is 1.44. The van der Waals surface area contributed by atoms with Gasteiger partial charge < -0.3 is 15.5 Å². The topological polar surface area (TPSA) is 94.0 Å². The van der Waals surface area contributed by atoms with E-state index >= 15 is 0 Å². The molecule has 1 saturated carbocycles. The minimum absolute atomic E-state index is 0.251. The average molecular weight is 256 g/mol. The van der Waals surface area contributed by atoms with Crippen molar-refractivity contribution < 1.29 is 9.21 Å². The summed E-state index contributed by atoms with van der Waals surface area (Å²) in [6.07, 6.45) is 2.96. The lowest BCUT2D eigenvalue weighted by Gasteiger charge is -2.13. The highest BCUT2D eigenvalue weighted by atomic mass is 32.2. The van der Waals surface area contributed by atoms with Crippen LogP contribution in [0.5, 0.6) is 0 Å². The third-order valence-electron chi connectivity index (χ3n) is 2.50. The van der Waals surface area contributed by atoms with Crippen LogP contribution < -0.4 is 11.1 Å². The number of nitrogens with two attached hydrogens (primary N) is 1. The second-order valence-electron chi connectivity index (χ2n) is 4.12. The summed E-state index contributed by atoms with van der Waals surface area (Å²) in [5, 5.41) is 11.4. The van der Waals surface area contributed by atoms with Crippen LogP contribution in [0, 0.1) is 6.92 Å². The molecule has 1 aliphatic rings. The molecule has 0 spiro atoms. The molecule has 3 N–H and O–H groups in total. The van der Waals surface area contributed by atoms with Crippen LogP contribution in [0.1, 0.15) is 25.2 Å². The van der Waals surface area contributed by atoms with Crippen LogP contribution in [0.2, 0.25) is 0 Å². The number of amides is 1. The molecule has 2 rings (SSSR count). The van der Waals surface area contributed by atoms with Gasteiger partial charge >= 0.3 is 0 Å². The largest absolute Gasteiger partial charge is 0.416 e. The van der Waals surface area contributed by atoms with Crippen molar-refractivity contribution in [3.63, 3.8) is 0 Å². The molecule has 0 bridgehead atoms. The summed E-state index contributed by atoms with van der Waals surface area (Å²) in [6, 6.07) is 0.224. The van der Waals surface area contributed by atoms with E-state index in [-0.39, 0.29) is 11.9 Å². The van der Waals surface area contributed by atoms with Gasteiger partial charge in [-0.3, -0.25) is 4.79 Å². The number of hydrogen-bond acceptors (Lipinski definition) is 6. The summed E-state index contributed by atoms with van der Waals surface area (Å²) in [6.45, 7) is 1.75. The first kappa shape index (κ1) is 12.4. The number of hydrogen-bond donors (Lipinski definition) is 2. The Hall–Kier alpha value is -1.08. The van der Waals surface area contributed by atoms with E-state index in [0.717, 1.165) is 18.6 Å². The first-order chi connectivity index (χ1) is 8.15. The molecule has 1 unspecified atom stereocenters. The highest BCUT2D eigenvalue weighted by Gasteiger charge is 2.26. The van der Waals surface area contributed by atoms with Gasteiger partial charge in [-0.25, -0.2) is 0 Å². The van der Waals surface area contributed by atoms with Gasteiger partial charge in [0.05, 0.1) is 6.04 Å². The Morgan fingerprint density at radius 3 is 2.94 bits per heavy atom. The Morgan fingerprint density at radius 1 is 1.65 bits per heavy atom. The number of thioether (sulfide) groups is 1. The molecule has 0 radical (unpaired) electrons. The number of rotatable bonds is 7. The van der Waals surface area contributed by atoms with Crippen LogP contribution in [0.3, 0.4) is 0 Å². The maximum absolute atomic E-state index is 11.2. The average Bonchev–Trinajstić information content (AvgIpc) is 3.00. The third kappa shape index (κ3) is 4.01. The van der Waals surface area contributed by atoms with Crippen molar-refractivity contribution in [1.82, 2.24) is 15.5 Å². The second kappa shape index (κ2) is 5.50. The van der Waals surface area contributed by atoms with E-state index in [9.17, 15) is 4.79 Å². The predicted octanol–water partition coefficient (Wildman–Crippen LogP) is 0.466. The van der Waals surface area contributed by atoms with Gasteiger partial charge in [0.1, 0.15) is 0 Å². The lowest BCUT2D eigenvalue weighted by Crippen LogP contribution is -2.42. The molecular weight excluding hydrogens is 240 g/mol. The van der Waals surface area contributed by atoms with Gasteiger partial charge in [-0.05, 0) is 19.3 Å². The standard InChI is InChI=1S/C10H16N4O2S/c1-6-13-14-10(16-6)17-5-4-8(9(11)15)12-7-2-3-7/h7-8,12H,2-5H2,1H3,(H2,11,15). The minimum atomic E-state index is -0.292. The SMILES string of the molecule is Cc1nnc(SCCC(NC2CC2)C(N)=O)o1. The minimum Gasteiger partial charge on any atom is -0.416 e. The van der Waals surface area contributed by atoms with Gasteiger partial charge in [0.2, 0.25) is 11.8 Å². The Balaban J connectivity index is 1.72. The lowest BCUT2D eigenvalue weighted by atomic mass is 10.2. The smallest absolute Gasteiger partial charge is 0.276 e. The third-order valence-corrected chi connectivity index (χ3v) is 3.35. The summed E-state index contributed by atoms with van der Waals surface area (Å²) >= 11 is 1.45. The van der Waals surface area contributed by atoms with Crippen molar-refractivity contribution in [3.05, 3.63) is 5.89 Å². The fraction of sp³-hybridized carbons (Fsp3) is 0.700. The van der Waals surface area contributed by atoms with Gasteiger partial charge in [-0.1, -0.05) is 11.8 Å². The molecule has 0 saturated heterocycles. The zero-order chi connectivity index (χ0) is 12.3.